The van der Waals surface area contributed by atoms with Crippen LogP contribution in [0.15, 0.2) is 18.2 Å². The van der Waals surface area contributed by atoms with Crippen molar-refractivity contribution in [2.24, 2.45) is 5.73 Å². The third-order valence-corrected chi connectivity index (χ3v) is 4.71. The third-order valence-electron chi connectivity index (χ3n) is 4.71. The molecule has 5 heteroatoms. The van der Waals surface area contributed by atoms with Gasteiger partial charge in [-0.3, -0.25) is 0 Å². The summed E-state index contributed by atoms with van der Waals surface area (Å²) in [6.07, 6.45) is 1.60. The molecule has 0 aromatic heterocycles. The van der Waals surface area contributed by atoms with E-state index >= 15 is 0 Å². The van der Waals surface area contributed by atoms with Crippen LogP contribution in [0.5, 0.6) is 11.5 Å². The van der Waals surface area contributed by atoms with Crippen molar-refractivity contribution in [3.8, 4) is 11.5 Å². The largest absolute Gasteiger partial charge is 0.490 e. The minimum atomic E-state index is -0.372. The van der Waals surface area contributed by atoms with Crippen molar-refractivity contribution >= 4 is 0 Å². The molecule has 2 N–H and O–H groups in total. The fraction of sp³-hybridized carbons (Fsp3) is 0.684. The minimum Gasteiger partial charge on any atom is -0.490 e. The summed E-state index contributed by atoms with van der Waals surface area (Å²) in [6.45, 7) is 11.1. The van der Waals surface area contributed by atoms with E-state index in [1.54, 1.807) is 0 Å². The number of hydrogen-bond donors (Lipinski definition) is 1. The number of ether oxygens (including phenoxy) is 4. The molecule has 2 rings (SSSR count). The third kappa shape index (κ3) is 4.85. The minimum absolute atomic E-state index is 0.369. The Labute approximate surface area is 145 Å². The summed E-state index contributed by atoms with van der Waals surface area (Å²) in [7, 11) is 0. The molecule has 1 aliphatic rings. The summed E-state index contributed by atoms with van der Waals surface area (Å²) in [5.74, 6) is 1.50. The van der Waals surface area contributed by atoms with E-state index < -0.39 is 0 Å². The second-order valence-corrected chi connectivity index (χ2v) is 7.11. The molecule has 0 spiro atoms. The van der Waals surface area contributed by atoms with E-state index in [1.165, 1.54) is 0 Å². The van der Waals surface area contributed by atoms with Crippen molar-refractivity contribution in [3.05, 3.63) is 23.8 Å². The second-order valence-electron chi connectivity index (χ2n) is 7.11. The van der Waals surface area contributed by atoms with Crippen LogP contribution in [-0.2, 0) is 16.0 Å². The quantitative estimate of drug-likeness (QED) is 0.852. The molecule has 1 heterocycles. The van der Waals surface area contributed by atoms with Crippen LogP contribution < -0.4 is 15.2 Å². The zero-order valence-electron chi connectivity index (χ0n) is 15.4. The number of fused-ring (bicyclic) bond motifs is 1. The van der Waals surface area contributed by atoms with E-state index in [2.05, 4.69) is 27.7 Å². The Morgan fingerprint density at radius 3 is 1.92 bits per heavy atom. The van der Waals surface area contributed by atoms with E-state index in [0.29, 0.717) is 33.0 Å². The van der Waals surface area contributed by atoms with Crippen molar-refractivity contribution in [1.29, 1.82) is 0 Å². The van der Waals surface area contributed by atoms with Gasteiger partial charge in [-0.15, -0.1) is 0 Å². The van der Waals surface area contributed by atoms with Crippen LogP contribution in [0.4, 0.5) is 0 Å². The first-order chi connectivity index (χ1) is 11.4. The van der Waals surface area contributed by atoms with E-state index in [0.717, 1.165) is 29.9 Å². The average Bonchev–Trinajstić information content (AvgIpc) is 2.54. The van der Waals surface area contributed by atoms with Gasteiger partial charge in [0.25, 0.3) is 0 Å². The van der Waals surface area contributed by atoms with Crippen molar-refractivity contribution in [3.63, 3.8) is 0 Å². The predicted octanol–water partition coefficient (Wildman–Crippen LogP) is 3.29. The van der Waals surface area contributed by atoms with Gasteiger partial charge in [-0.2, -0.15) is 0 Å². The van der Waals surface area contributed by atoms with Gasteiger partial charge in [0.15, 0.2) is 11.5 Å². The van der Waals surface area contributed by atoms with Crippen LogP contribution in [0.1, 0.15) is 46.1 Å². The van der Waals surface area contributed by atoms with E-state index in [9.17, 15) is 0 Å². The van der Waals surface area contributed by atoms with Gasteiger partial charge in [0.2, 0.25) is 0 Å². The smallest absolute Gasteiger partial charge is 0.161 e. The maximum atomic E-state index is 6.07. The van der Waals surface area contributed by atoms with E-state index in [1.807, 2.05) is 18.2 Å². The van der Waals surface area contributed by atoms with Gasteiger partial charge < -0.3 is 24.7 Å². The molecule has 0 radical (unpaired) electrons. The van der Waals surface area contributed by atoms with Crippen molar-refractivity contribution < 1.29 is 18.9 Å². The first-order valence-corrected chi connectivity index (χ1v) is 8.72. The molecule has 0 saturated carbocycles. The molecule has 1 aliphatic heterocycles. The fourth-order valence-corrected chi connectivity index (χ4v) is 2.40. The molecule has 1 aromatic carbocycles. The number of rotatable bonds is 1. The zero-order chi connectivity index (χ0) is 17.6. The summed E-state index contributed by atoms with van der Waals surface area (Å²) in [4.78, 5) is 0. The second kappa shape index (κ2) is 8.19. The Morgan fingerprint density at radius 2 is 1.38 bits per heavy atom. The first kappa shape index (κ1) is 19.0. The Hall–Kier alpha value is -1.30. The van der Waals surface area contributed by atoms with Crippen LogP contribution in [0.2, 0.25) is 0 Å². The maximum Gasteiger partial charge on any atom is 0.161 e. The van der Waals surface area contributed by atoms with Crippen molar-refractivity contribution in [1.82, 2.24) is 0 Å². The number of nitrogens with two attached hydrogens (primary N) is 1. The lowest BCUT2D eigenvalue weighted by molar-refractivity contribution is -0.178. The monoisotopic (exact) mass is 337 g/mol. The standard InChI is InChI=1S/C19H31NO4/c1-18(2)19(3,4)24-12-6-10-22-17-13-15(14-20)7-8-16(17)21-9-5-11-23-18/h7-8,13H,5-6,9-12,14,20H2,1-4H3. The topological polar surface area (TPSA) is 62.9 Å². The highest BCUT2D eigenvalue weighted by atomic mass is 16.6. The molecule has 136 valence electrons. The molecule has 0 atom stereocenters. The van der Waals surface area contributed by atoms with Crippen molar-refractivity contribution in [2.45, 2.75) is 58.3 Å². The SMILES string of the molecule is CC1(C)OCCCOc2ccc(CN)cc2OCCCOC1(C)C. The van der Waals surface area contributed by atoms with Gasteiger partial charge in [-0.05, 0) is 45.4 Å². The van der Waals surface area contributed by atoms with Crippen LogP contribution >= 0.6 is 0 Å². The molecular weight excluding hydrogens is 306 g/mol. The molecule has 5 nitrogen and oxygen atoms in total. The van der Waals surface area contributed by atoms with E-state index in [-0.39, 0.29) is 11.2 Å². The molecule has 0 unspecified atom stereocenters. The van der Waals surface area contributed by atoms with Crippen LogP contribution in [0, 0.1) is 0 Å². The number of hydrogen-bond acceptors (Lipinski definition) is 5. The molecule has 0 aliphatic carbocycles. The lowest BCUT2D eigenvalue weighted by Crippen LogP contribution is -2.50. The van der Waals surface area contributed by atoms with Gasteiger partial charge in [0.05, 0.1) is 37.6 Å². The van der Waals surface area contributed by atoms with Crippen LogP contribution in [0.3, 0.4) is 0 Å². The Morgan fingerprint density at radius 1 is 0.833 bits per heavy atom. The van der Waals surface area contributed by atoms with Gasteiger partial charge in [0.1, 0.15) is 0 Å². The zero-order valence-corrected chi connectivity index (χ0v) is 15.4. The van der Waals surface area contributed by atoms with Gasteiger partial charge in [-0.1, -0.05) is 6.07 Å². The lowest BCUT2D eigenvalue weighted by atomic mass is 9.89. The molecule has 0 fully saturated rings. The van der Waals surface area contributed by atoms with Crippen molar-refractivity contribution in [2.75, 3.05) is 26.4 Å². The molecule has 0 bridgehead atoms. The normalized spacial score (nSPS) is 21.7. The average molecular weight is 337 g/mol. The van der Waals surface area contributed by atoms with Gasteiger partial charge >= 0.3 is 0 Å². The fourth-order valence-electron chi connectivity index (χ4n) is 2.40. The van der Waals surface area contributed by atoms with Crippen LogP contribution in [0.25, 0.3) is 0 Å². The van der Waals surface area contributed by atoms with Crippen LogP contribution in [-0.4, -0.2) is 37.6 Å². The summed E-state index contributed by atoms with van der Waals surface area (Å²) in [5.41, 5.74) is 6.00. The summed E-state index contributed by atoms with van der Waals surface area (Å²) < 4.78 is 23.9. The molecule has 1 aromatic rings. The summed E-state index contributed by atoms with van der Waals surface area (Å²) >= 11 is 0. The maximum absolute atomic E-state index is 6.07. The highest BCUT2D eigenvalue weighted by molar-refractivity contribution is 5.43. The highest BCUT2D eigenvalue weighted by Gasteiger charge is 2.38. The Balaban J connectivity index is 2.08. The highest BCUT2D eigenvalue weighted by Crippen LogP contribution is 2.31. The Bertz CT molecular complexity index is 528. The molecule has 0 amide bonds. The van der Waals surface area contributed by atoms with E-state index in [4.69, 9.17) is 24.7 Å². The predicted molar refractivity (Wildman–Crippen MR) is 94.6 cm³/mol. The Kier molecular flexibility index (Phi) is 6.49. The summed E-state index contributed by atoms with van der Waals surface area (Å²) in [6, 6.07) is 5.84. The molecular formula is C19H31NO4. The molecule has 0 saturated heterocycles. The van der Waals surface area contributed by atoms with Gasteiger partial charge in [0, 0.05) is 19.4 Å². The lowest BCUT2D eigenvalue weighted by Gasteiger charge is -2.41. The first-order valence-electron chi connectivity index (χ1n) is 8.72. The number of benzene rings is 1. The summed E-state index contributed by atoms with van der Waals surface area (Å²) in [5, 5.41) is 0. The molecule has 24 heavy (non-hydrogen) atoms. The van der Waals surface area contributed by atoms with Gasteiger partial charge in [-0.25, -0.2) is 0 Å².